The zero-order chi connectivity index (χ0) is 22.6. The van der Waals surface area contributed by atoms with Crippen molar-refractivity contribution in [3.8, 4) is 23.0 Å². The first-order valence-corrected chi connectivity index (χ1v) is 11.3. The minimum absolute atomic E-state index is 0.194. The van der Waals surface area contributed by atoms with Gasteiger partial charge in [-0.3, -0.25) is 4.79 Å². The number of aryl methyl sites for hydroxylation is 1. The lowest BCUT2D eigenvalue weighted by atomic mass is 10.1. The summed E-state index contributed by atoms with van der Waals surface area (Å²) in [5.41, 5.74) is 1.66. The number of carbonyl (C=O) groups is 1. The molecule has 0 aliphatic carbocycles. The van der Waals surface area contributed by atoms with E-state index in [2.05, 4.69) is 4.98 Å². The summed E-state index contributed by atoms with van der Waals surface area (Å²) in [6.45, 7) is 1.50. The predicted octanol–water partition coefficient (Wildman–Crippen LogP) is 3.20. The first-order chi connectivity index (χ1) is 14.7. The van der Waals surface area contributed by atoms with Crippen LogP contribution in [0, 0.1) is 6.92 Å². The molecule has 8 nitrogen and oxygen atoms in total. The number of benzene rings is 2. The second-order valence-corrected chi connectivity index (χ2v) is 8.79. The second-order valence-electron chi connectivity index (χ2n) is 6.88. The normalized spacial score (nSPS) is 11.2. The van der Waals surface area contributed by atoms with Crippen molar-refractivity contribution in [1.82, 2.24) is 9.29 Å². The Balaban J connectivity index is 1.88. The fourth-order valence-corrected chi connectivity index (χ4v) is 3.96. The highest BCUT2D eigenvalue weighted by molar-refractivity contribution is 7.88. The average molecular weight is 445 g/mol. The fourth-order valence-electron chi connectivity index (χ4n) is 3.15. The van der Waals surface area contributed by atoms with Crippen molar-refractivity contribution in [3.05, 3.63) is 65.5 Å². The van der Waals surface area contributed by atoms with Crippen LogP contribution in [0.1, 0.15) is 17.0 Å². The Morgan fingerprint density at radius 2 is 1.77 bits per heavy atom. The molecule has 1 amide bonds. The Morgan fingerprint density at radius 3 is 2.39 bits per heavy atom. The minimum Gasteiger partial charge on any atom is -0.493 e. The molecule has 2 aromatic carbocycles. The monoisotopic (exact) mass is 444 g/mol. The highest BCUT2D eigenvalue weighted by atomic mass is 32.2. The van der Waals surface area contributed by atoms with Crippen LogP contribution in [0.4, 0.5) is 0 Å². The maximum absolute atomic E-state index is 13.0. The van der Waals surface area contributed by atoms with Crippen LogP contribution in [0.25, 0.3) is 11.5 Å². The van der Waals surface area contributed by atoms with Gasteiger partial charge in [-0.2, -0.15) is 0 Å². The van der Waals surface area contributed by atoms with Gasteiger partial charge in [0, 0.05) is 11.1 Å². The van der Waals surface area contributed by atoms with Gasteiger partial charge < -0.3 is 13.9 Å². The van der Waals surface area contributed by atoms with Crippen LogP contribution in [0.3, 0.4) is 0 Å². The number of oxazole rings is 1. The maximum atomic E-state index is 13.0. The number of methoxy groups -OCH3 is 2. The number of aromatic nitrogens is 1. The molecule has 0 spiro atoms. The van der Waals surface area contributed by atoms with Gasteiger partial charge >= 0.3 is 0 Å². The van der Waals surface area contributed by atoms with Gasteiger partial charge in [0.15, 0.2) is 11.5 Å². The molecule has 3 rings (SSSR count). The van der Waals surface area contributed by atoms with Gasteiger partial charge in [0.2, 0.25) is 21.8 Å². The van der Waals surface area contributed by atoms with Crippen molar-refractivity contribution >= 4 is 15.9 Å². The number of hydrogen-bond acceptors (Lipinski definition) is 7. The molecule has 3 aromatic rings. The molecule has 0 saturated carbocycles. The van der Waals surface area contributed by atoms with E-state index in [1.54, 1.807) is 25.1 Å². The first-order valence-electron chi connectivity index (χ1n) is 9.46. The summed E-state index contributed by atoms with van der Waals surface area (Å²) in [7, 11) is -0.915. The standard InChI is InChI=1S/C22H24N2O6S/c1-15-18(23-22(30-15)16-9-6-5-7-10-16)13-20(25)24(31(4,26)27)14-17-11-8-12-19(28-2)21(17)29-3/h5-12H,13-14H2,1-4H3. The molecule has 0 unspecified atom stereocenters. The van der Waals surface area contributed by atoms with Crippen molar-refractivity contribution in [2.75, 3.05) is 20.5 Å². The van der Waals surface area contributed by atoms with E-state index in [1.165, 1.54) is 14.2 Å². The minimum atomic E-state index is -3.86. The van der Waals surface area contributed by atoms with E-state index in [0.29, 0.717) is 34.4 Å². The molecular weight excluding hydrogens is 420 g/mol. The molecule has 0 aliphatic heterocycles. The Morgan fingerprint density at radius 1 is 1.06 bits per heavy atom. The molecule has 0 radical (unpaired) electrons. The quantitative estimate of drug-likeness (QED) is 0.526. The molecule has 164 valence electrons. The zero-order valence-corrected chi connectivity index (χ0v) is 18.6. The maximum Gasteiger partial charge on any atom is 0.242 e. The van der Waals surface area contributed by atoms with Crippen LogP contribution >= 0.6 is 0 Å². The molecule has 1 heterocycles. The number of rotatable bonds is 8. The number of nitrogens with zero attached hydrogens (tertiary/aromatic N) is 2. The highest BCUT2D eigenvalue weighted by Crippen LogP contribution is 2.32. The summed E-state index contributed by atoms with van der Waals surface area (Å²) in [5.74, 6) is 1.03. The summed E-state index contributed by atoms with van der Waals surface area (Å²) in [5, 5.41) is 0. The summed E-state index contributed by atoms with van der Waals surface area (Å²) < 4.78 is 42.0. The van der Waals surface area contributed by atoms with E-state index in [1.807, 2.05) is 30.3 Å². The van der Waals surface area contributed by atoms with Crippen LogP contribution in [0.15, 0.2) is 52.9 Å². The van der Waals surface area contributed by atoms with Gasteiger partial charge in [0.05, 0.1) is 39.1 Å². The molecule has 31 heavy (non-hydrogen) atoms. The fraction of sp³-hybridized carbons (Fsp3) is 0.273. The van der Waals surface area contributed by atoms with Crippen LogP contribution < -0.4 is 9.47 Å². The molecule has 0 N–H and O–H groups in total. The smallest absolute Gasteiger partial charge is 0.242 e. The van der Waals surface area contributed by atoms with Crippen molar-refractivity contribution in [3.63, 3.8) is 0 Å². The first kappa shape index (κ1) is 22.4. The van der Waals surface area contributed by atoms with Crippen molar-refractivity contribution in [1.29, 1.82) is 0 Å². The molecule has 9 heteroatoms. The van der Waals surface area contributed by atoms with Gasteiger partial charge in [-0.25, -0.2) is 17.7 Å². The lowest BCUT2D eigenvalue weighted by Gasteiger charge is -2.22. The van der Waals surface area contributed by atoms with Gasteiger partial charge in [-0.15, -0.1) is 0 Å². The lowest BCUT2D eigenvalue weighted by Crippen LogP contribution is -2.37. The van der Waals surface area contributed by atoms with Crippen LogP contribution in [0.5, 0.6) is 11.5 Å². The number of ether oxygens (including phenoxy) is 2. The lowest BCUT2D eigenvalue weighted by molar-refractivity contribution is -0.126. The third-order valence-corrected chi connectivity index (χ3v) is 5.84. The van der Waals surface area contributed by atoms with Crippen LogP contribution in [-0.4, -0.2) is 44.1 Å². The second kappa shape index (κ2) is 9.22. The van der Waals surface area contributed by atoms with Gasteiger partial charge in [-0.1, -0.05) is 30.3 Å². The topological polar surface area (TPSA) is 98.9 Å². The molecule has 1 aromatic heterocycles. The SMILES string of the molecule is COc1cccc(CN(C(=O)Cc2nc(-c3ccccc3)oc2C)S(C)(=O)=O)c1OC. The predicted molar refractivity (Wildman–Crippen MR) is 115 cm³/mol. The van der Waals surface area contributed by atoms with Gasteiger partial charge in [-0.05, 0) is 25.1 Å². The molecule has 0 atom stereocenters. The number of hydrogen-bond donors (Lipinski definition) is 0. The summed E-state index contributed by atoms with van der Waals surface area (Å²) in [4.78, 5) is 17.4. The molecule has 0 aliphatic rings. The van der Waals surface area contributed by atoms with E-state index in [9.17, 15) is 13.2 Å². The third kappa shape index (κ3) is 5.05. The highest BCUT2D eigenvalue weighted by Gasteiger charge is 2.27. The van der Waals surface area contributed by atoms with Crippen LogP contribution in [0.2, 0.25) is 0 Å². The van der Waals surface area contributed by atoms with Gasteiger partial charge in [0.1, 0.15) is 5.76 Å². The van der Waals surface area contributed by atoms with Crippen molar-refractivity contribution < 1.29 is 27.1 Å². The Bertz CT molecular complexity index is 1170. The third-order valence-electron chi connectivity index (χ3n) is 4.71. The van der Waals surface area contributed by atoms with E-state index in [4.69, 9.17) is 13.9 Å². The number of sulfonamides is 1. The van der Waals surface area contributed by atoms with E-state index < -0.39 is 15.9 Å². The summed E-state index contributed by atoms with van der Waals surface area (Å²) >= 11 is 0. The molecule has 0 bridgehead atoms. The van der Waals surface area contributed by atoms with E-state index in [0.717, 1.165) is 16.1 Å². The zero-order valence-electron chi connectivity index (χ0n) is 17.8. The number of amides is 1. The molecule has 0 fully saturated rings. The largest absolute Gasteiger partial charge is 0.493 e. The van der Waals surface area contributed by atoms with Crippen LogP contribution in [-0.2, 0) is 27.8 Å². The molecule has 0 saturated heterocycles. The number of carbonyl (C=O) groups excluding carboxylic acids is 1. The Labute approximate surface area is 181 Å². The van der Waals surface area contributed by atoms with E-state index >= 15 is 0 Å². The Hall–Kier alpha value is -3.33. The van der Waals surface area contributed by atoms with Crippen molar-refractivity contribution in [2.45, 2.75) is 19.9 Å². The van der Waals surface area contributed by atoms with E-state index in [-0.39, 0.29) is 13.0 Å². The van der Waals surface area contributed by atoms with Crippen molar-refractivity contribution in [2.24, 2.45) is 0 Å². The van der Waals surface area contributed by atoms with Gasteiger partial charge in [0.25, 0.3) is 0 Å². The average Bonchev–Trinajstić information content (AvgIpc) is 3.11. The molecular formula is C22H24N2O6S. The summed E-state index contributed by atoms with van der Waals surface area (Å²) in [6.07, 6.45) is 0.768. The summed E-state index contributed by atoms with van der Waals surface area (Å²) in [6, 6.07) is 14.3. The number of para-hydroxylation sites is 1. The Kier molecular flexibility index (Phi) is 6.65.